The van der Waals surface area contributed by atoms with Crippen molar-refractivity contribution >= 4 is 0 Å². The number of phenolic OH excluding ortho intramolecular Hbond substituents is 1. The molecule has 1 fully saturated rings. The highest BCUT2D eigenvalue weighted by Gasteiger charge is 2.24. The minimum atomic E-state index is 0.106. The first-order valence-corrected chi connectivity index (χ1v) is 7.00. The Labute approximate surface area is 114 Å². The van der Waals surface area contributed by atoms with Gasteiger partial charge >= 0.3 is 0 Å². The van der Waals surface area contributed by atoms with Gasteiger partial charge in [-0.1, -0.05) is 19.1 Å². The lowest BCUT2D eigenvalue weighted by Gasteiger charge is -2.31. The Morgan fingerprint density at radius 2 is 2.11 bits per heavy atom. The van der Waals surface area contributed by atoms with Crippen molar-refractivity contribution in [2.45, 2.75) is 31.9 Å². The van der Waals surface area contributed by atoms with Crippen LogP contribution >= 0.6 is 0 Å². The quantitative estimate of drug-likeness (QED) is 0.822. The van der Waals surface area contributed by atoms with E-state index in [-0.39, 0.29) is 12.1 Å². The first-order chi connectivity index (χ1) is 9.29. The zero-order chi connectivity index (χ0) is 13.5. The Morgan fingerprint density at radius 1 is 1.32 bits per heavy atom. The topological polar surface area (TPSA) is 50.7 Å². The Morgan fingerprint density at radius 3 is 2.74 bits per heavy atom. The minimum absolute atomic E-state index is 0.106. The van der Waals surface area contributed by atoms with Gasteiger partial charge in [0.1, 0.15) is 5.75 Å². The second-order valence-corrected chi connectivity index (χ2v) is 4.92. The number of aromatic hydroxyl groups is 1. The van der Waals surface area contributed by atoms with E-state index in [0.717, 1.165) is 19.4 Å². The molecule has 2 N–H and O–H groups in total. The fourth-order valence-electron chi connectivity index (χ4n) is 2.29. The van der Waals surface area contributed by atoms with Crippen molar-refractivity contribution in [1.82, 2.24) is 5.32 Å². The molecule has 1 aliphatic heterocycles. The molecule has 19 heavy (non-hydrogen) atoms. The highest BCUT2D eigenvalue weighted by atomic mass is 16.6. The molecule has 0 saturated carbocycles. The van der Waals surface area contributed by atoms with Gasteiger partial charge in [-0.2, -0.15) is 0 Å². The molecular formula is C15H23NO3. The normalized spacial score (nSPS) is 21.2. The van der Waals surface area contributed by atoms with Gasteiger partial charge in [-0.15, -0.1) is 0 Å². The summed E-state index contributed by atoms with van der Waals surface area (Å²) in [6, 6.07) is 7.62. The molecule has 4 heteroatoms. The van der Waals surface area contributed by atoms with E-state index in [0.29, 0.717) is 25.6 Å². The van der Waals surface area contributed by atoms with Gasteiger partial charge in [-0.25, -0.2) is 0 Å². The van der Waals surface area contributed by atoms with E-state index in [1.807, 2.05) is 12.1 Å². The van der Waals surface area contributed by atoms with Crippen molar-refractivity contribution in [2.24, 2.45) is 0 Å². The summed E-state index contributed by atoms with van der Waals surface area (Å²) in [6.07, 6.45) is 2.09. The summed E-state index contributed by atoms with van der Waals surface area (Å²) in [7, 11) is 0. The molecule has 0 spiro atoms. The lowest BCUT2D eigenvalue weighted by Crippen LogP contribution is -2.48. The van der Waals surface area contributed by atoms with Crippen LogP contribution in [-0.4, -0.2) is 43.6 Å². The average molecular weight is 265 g/mol. The van der Waals surface area contributed by atoms with E-state index in [2.05, 4.69) is 12.2 Å². The number of hydrogen-bond acceptors (Lipinski definition) is 4. The third kappa shape index (κ3) is 4.49. The monoisotopic (exact) mass is 265 g/mol. The van der Waals surface area contributed by atoms with Crippen molar-refractivity contribution in [2.75, 3.05) is 26.4 Å². The van der Waals surface area contributed by atoms with E-state index < -0.39 is 0 Å². The Kier molecular flexibility index (Phi) is 5.63. The molecule has 0 bridgehead atoms. The summed E-state index contributed by atoms with van der Waals surface area (Å²) < 4.78 is 11.3. The smallest absolute Gasteiger partial charge is 0.115 e. The zero-order valence-electron chi connectivity index (χ0n) is 11.5. The molecule has 2 unspecified atom stereocenters. The second kappa shape index (κ2) is 7.48. The van der Waals surface area contributed by atoms with Crippen LogP contribution in [0.2, 0.25) is 0 Å². The van der Waals surface area contributed by atoms with Crippen LogP contribution in [0.25, 0.3) is 0 Å². The predicted octanol–water partition coefficient (Wildman–Crippen LogP) is 1.72. The van der Waals surface area contributed by atoms with Crippen molar-refractivity contribution in [3.63, 3.8) is 0 Å². The standard InChI is InChI=1S/C15H23NO3/c1-2-7-16-14(15-11-18-8-9-19-15)10-12-3-5-13(17)6-4-12/h3-6,14-17H,2,7-11H2,1H3. The second-order valence-electron chi connectivity index (χ2n) is 4.92. The maximum Gasteiger partial charge on any atom is 0.115 e. The summed E-state index contributed by atoms with van der Waals surface area (Å²) in [5, 5.41) is 12.9. The lowest BCUT2D eigenvalue weighted by atomic mass is 10.0. The summed E-state index contributed by atoms with van der Waals surface area (Å²) in [4.78, 5) is 0. The number of rotatable bonds is 6. The van der Waals surface area contributed by atoms with Crippen LogP contribution in [0.15, 0.2) is 24.3 Å². The van der Waals surface area contributed by atoms with Gasteiger partial charge in [0.25, 0.3) is 0 Å². The van der Waals surface area contributed by atoms with Gasteiger partial charge < -0.3 is 19.9 Å². The zero-order valence-corrected chi connectivity index (χ0v) is 11.5. The molecule has 4 nitrogen and oxygen atoms in total. The summed E-state index contributed by atoms with van der Waals surface area (Å²) in [6.45, 7) is 5.14. The Hall–Kier alpha value is -1.10. The first-order valence-electron chi connectivity index (χ1n) is 7.00. The first kappa shape index (κ1) is 14.3. The molecule has 1 aromatic rings. The van der Waals surface area contributed by atoms with Crippen LogP contribution < -0.4 is 5.32 Å². The fraction of sp³-hybridized carbons (Fsp3) is 0.600. The SMILES string of the molecule is CCCNC(Cc1ccc(O)cc1)C1COCCO1. The highest BCUT2D eigenvalue weighted by Crippen LogP contribution is 2.15. The number of hydrogen-bond donors (Lipinski definition) is 2. The third-order valence-corrected chi connectivity index (χ3v) is 3.34. The maximum absolute atomic E-state index is 9.32. The van der Waals surface area contributed by atoms with Crippen molar-refractivity contribution in [3.8, 4) is 5.75 Å². The number of phenols is 1. The molecular weight excluding hydrogens is 242 g/mol. The average Bonchev–Trinajstić information content (AvgIpc) is 2.46. The van der Waals surface area contributed by atoms with Gasteiger partial charge in [-0.3, -0.25) is 0 Å². The Balaban J connectivity index is 1.97. The number of benzene rings is 1. The molecule has 2 atom stereocenters. The largest absolute Gasteiger partial charge is 0.508 e. The number of nitrogens with one attached hydrogen (secondary N) is 1. The summed E-state index contributed by atoms with van der Waals surface area (Å²) in [5.74, 6) is 0.305. The van der Waals surface area contributed by atoms with Crippen LogP contribution in [0.5, 0.6) is 5.75 Å². The van der Waals surface area contributed by atoms with Crippen LogP contribution in [0.3, 0.4) is 0 Å². The lowest BCUT2D eigenvalue weighted by molar-refractivity contribution is -0.101. The molecule has 2 rings (SSSR count). The predicted molar refractivity (Wildman–Crippen MR) is 74.5 cm³/mol. The molecule has 0 aliphatic carbocycles. The van der Waals surface area contributed by atoms with Crippen LogP contribution in [-0.2, 0) is 15.9 Å². The Bertz CT molecular complexity index is 360. The van der Waals surface area contributed by atoms with Crippen LogP contribution in [0.1, 0.15) is 18.9 Å². The maximum atomic E-state index is 9.32. The van der Waals surface area contributed by atoms with Gasteiger partial charge in [0.05, 0.1) is 25.9 Å². The molecule has 0 radical (unpaired) electrons. The molecule has 0 aromatic heterocycles. The van der Waals surface area contributed by atoms with Gasteiger partial charge in [0.2, 0.25) is 0 Å². The van der Waals surface area contributed by atoms with Crippen molar-refractivity contribution in [1.29, 1.82) is 0 Å². The van der Waals surface area contributed by atoms with Gasteiger partial charge in [0.15, 0.2) is 0 Å². The van der Waals surface area contributed by atoms with Crippen molar-refractivity contribution < 1.29 is 14.6 Å². The number of ether oxygens (including phenoxy) is 2. The molecule has 1 aromatic carbocycles. The highest BCUT2D eigenvalue weighted by molar-refractivity contribution is 5.26. The summed E-state index contributed by atoms with van der Waals surface area (Å²) in [5.41, 5.74) is 1.19. The van der Waals surface area contributed by atoms with Crippen molar-refractivity contribution in [3.05, 3.63) is 29.8 Å². The molecule has 1 saturated heterocycles. The third-order valence-electron chi connectivity index (χ3n) is 3.34. The molecule has 1 aliphatic rings. The van der Waals surface area contributed by atoms with Crippen LogP contribution in [0, 0.1) is 0 Å². The fourth-order valence-corrected chi connectivity index (χ4v) is 2.29. The van der Waals surface area contributed by atoms with E-state index in [1.54, 1.807) is 12.1 Å². The van der Waals surface area contributed by atoms with E-state index in [1.165, 1.54) is 5.56 Å². The van der Waals surface area contributed by atoms with Crippen LogP contribution in [0.4, 0.5) is 0 Å². The summed E-state index contributed by atoms with van der Waals surface area (Å²) >= 11 is 0. The molecule has 0 amide bonds. The van der Waals surface area contributed by atoms with E-state index in [4.69, 9.17) is 9.47 Å². The van der Waals surface area contributed by atoms with E-state index in [9.17, 15) is 5.11 Å². The minimum Gasteiger partial charge on any atom is -0.508 e. The molecule has 106 valence electrons. The molecule has 1 heterocycles. The van der Waals surface area contributed by atoms with E-state index >= 15 is 0 Å². The van der Waals surface area contributed by atoms with Gasteiger partial charge in [0, 0.05) is 6.04 Å². The van der Waals surface area contributed by atoms with Gasteiger partial charge in [-0.05, 0) is 37.1 Å².